The van der Waals surface area contributed by atoms with Crippen LogP contribution in [-0.4, -0.2) is 42.7 Å². The fraction of sp³-hybridized carbons (Fsp3) is 0.667. The molecule has 1 fully saturated rings. The van der Waals surface area contributed by atoms with Crippen molar-refractivity contribution in [3.63, 3.8) is 0 Å². The number of halogens is 5. The summed E-state index contributed by atoms with van der Waals surface area (Å²) in [5.41, 5.74) is -1.77. The van der Waals surface area contributed by atoms with E-state index in [1.54, 1.807) is 13.8 Å². The van der Waals surface area contributed by atoms with Crippen LogP contribution in [0, 0.1) is 5.92 Å². The Bertz CT molecular complexity index is 727. The monoisotopic (exact) mass is 450 g/mol. The summed E-state index contributed by atoms with van der Waals surface area (Å²) in [4.78, 5) is 13.1. The number of rotatable bonds is 8. The molecule has 31 heavy (non-hydrogen) atoms. The van der Waals surface area contributed by atoms with Gasteiger partial charge >= 0.3 is 6.18 Å². The van der Waals surface area contributed by atoms with E-state index in [2.05, 4.69) is 21.3 Å². The van der Waals surface area contributed by atoms with Crippen molar-refractivity contribution in [1.82, 2.24) is 16.0 Å². The standard InChI is InChI=1S/C21H31F5N4O/c1-5-12(2)27-11-16(20(4)29-13(3)10-17(30-20)18(22)23)19(31)28-15-8-6-14(7-9-15)21(24,25)26/h6-9,12-13,16-18,27,29-30H,5,10-11H2,1-4H3,(H,28,31). The highest BCUT2D eigenvalue weighted by molar-refractivity contribution is 5.93. The van der Waals surface area contributed by atoms with Crippen molar-refractivity contribution in [3.8, 4) is 0 Å². The molecule has 0 aromatic heterocycles. The molecule has 1 aliphatic rings. The zero-order valence-electron chi connectivity index (χ0n) is 18.1. The van der Waals surface area contributed by atoms with Gasteiger partial charge in [-0.25, -0.2) is 8.78 Å². The molecule has 0 saturated carbocycles. The zero-order chi connectivity index (χ0) is 23.4. The van der Waals surface area contributed by atoms with E-state index in [0.717, 1.165) is 18.6 Å². The number of anilines is 1. The fourth-order valence-electron chi connectivity index (χ4n) is 3.80. The lowest BCUT2D eigenvalue weighted by atomic mass is 9.86. The molecule has 0 radical (unpaired) electrons. The van der Waals surface area contributed by atoms with Crippen LogP contribution in [0.5, 0.6) is 0 Å². The fourth-order valence-corrected chi connectivity index (χ4v) is 3.80. The third-order valence-corrected chi connectivity index (χ3v) is 5.72. The van der Waals surface area contributed by atoms with Crippen LogP contribution in [0.3, 0.4) is 0 Å². The van der Waals surface area contributed by atoms with Crippen molar-refractivity contribution in [1.29, 1.82) is 0 Å². The van der Waals surface area contributed by atoms with Gasteiger partial charge < -0.3 is 10.6 Å². The Morgan fingerprint density at radius 3 is 2.35 bits per heavy atom. The molecule has 10 heteroatoms. The topological polar surface area (TPSA) is 65.2 Å². The SMILES string of the molecule is CCC(C)NCC(C(=O)Nc1ccc(C(F)(F)F)cc1)C1(C)NC(C)CC(C(F)F)N1. The van der Waals surface area contributed by atoms with Crippen molar-refractivity contribution in [2.75, 3.05) is 11.9 Å². The lowest BCUT2D eigenvalue weighted by Gasteiger charge is -2.47. The lowest BCUT2D eigenvalue weighted by Crippen LogP contribution is -2.73. The minimum absolute atomic E-state index is 0.0943. The van der Waals surface area contributed by atoms with E-state index < -0.39 is 41.7 Å². The summed E-state index contributed by atoms with van der Waals surface area (Å²) in [6, 6.07) is 2.88. The quantitative estimate of drug-likeness (QED) is 0.453. The molecular weight excluding hydrogens is 419 g/mol. The maximum absolute atomic E-state index is 13.5. The van der Waals surface area contributed by atoms with E-state index in [4.69, 9.17) is 0 Å². The van der Waals surface area contributed by atoms with Crippen molar-refractivity contribution in [3.05, 3.63) is 29.8 Å². The van der Waals surface area contributed by atoms with Gasteiger partial charge in [0.05, 0.1) is 23.2 Å². The molecule has 5 unspecified atom stereocenters. The van der Waals surface area contributed by atoms with Gasteiger partial charge in [0.2, 0.25) is 5.91 Å². The summed E-state index contributed by atoms with van der Waals surface area (Å²) >= 11 is 0. The molecule has 5 atom stereocenters. The van der Waals surface area contributed by atoms with Gasteiger partial charge in [-0.3, -0.25) is 15.4 Å². The Kier molecular flexibility index (Phi) is 8.40. The first kappa shape index (κ1) is 25.5. The summed E-state index contributed by atoms with van der Waals surface area (Å²) < 4.78 is 65.2. The number of hydrogen-bond acceptors (Lipinski definition) is 4. The Balaban J connectivity index is 2.24. The average Bonchev–Trinajstić information content (AvgIpc) is 2.66. The van der Waals surface area contributed by atoms with E-state index in [1.165, 1.54) is 12.1 Å². The van der Waals surface area contributed by atoms with Gasteiger partial charge in [-0.15, -0.1) is 0 Å². The molecule has 1 heterocycles. The number of alkyl halides is 5. The number of carbonyl (C=O) groups excluding carboxylic acids is 1. The Morgan fingerprint density at radius 2 is 1.84 bits per heavy atom. The average molecular weight is 450 g/mol. The van der Waals surface area contributed by atoms with Crippen LogP contribution in [0.4, 0.5) is 27.6 Å². The van der Waals surface area contributed by atoms with Crippen LogP contribution < -0.4 is 21.3 Å². The molecule has 0 aliphatic carbocycles. The number of hydrogen-bond donors (Lipinski definition) is 4. The van der Waals surface area contributed by atoms with Crippen molar-refractivity contribution in [2.45, 2.75) is 76.9 Å². The first-order valence-corrected chi connectivity index (χ1v) is 10.4. The molecule has 5 nitrogen and oxygen atoms in total. The molecule has 0 bridgehead atoms. The van der Waals surface area contributed by atoms with Crippen LogP contribution in [0.1, 0.15) is 46.1 Å². The maximum atomic E-state index is 13.5. The third-order valence-electron chi connectivity index (χ3n) is 5.72. The molecule has 176 valence electrons. The van der Waals surface area contributed by atoms with Crippen LogP contribution >= 0.6 is 0 Å². The lowest BCUT2D eigenvalue weighted by molar-refractivity contribution is -0.137. The highest BCUT2D eigenvalue weighted by atomic mass is 19.4. The molecule has 1 aliphatic heterocycles. The largest absolute Gasteiger partial charge is 0.416 e. The molecule has 1 aromatic carbocycles. The van der Waals surface area contributed by atoms with E-state index in [1.807, 2.05) is 13.8 Å². The maximum Gasteiger partial charge on any atom is 0.416 e. The van der Waals surface area contributed by atoms with Crippen molar-refractivity contribution >= 4 is 11.6 Å². The van der Waals surface area contributed by atoms with Gasteiger partial charge in [-0.05, 0) is 57.9 Å². The van der Waals surface area contributed by atoms with Gasteiger partial charge in [0.25, 0.3) is 6.43 Å². The normalized spacial score (nSPS) is 26.5. The summed E-state index contributed by atoms with van der Waals surface area (Å²) in [6.45, 7) is 7.55. The van der Waals surface area contributed by atoms with Gasteiger partial charge in [0.15, 0.2) is 0 Å². The van der Waals surface area contributed by atoms with Crippen LogP contribution in [-0.2, 0) is 11.0 Å². The zero-order valence-corrected chi connectivity index (χ0v) is 18.1. The number of nitrogens with one attached hydrogen (secondary N) is 4. The number of amides is 1. The molecular formula is C21H31F5N4O. The van der Waals surface area contributed by atoms with Crippen molar-refractivity contribution in [2.24, 2.45) is 5.92 Å². The third kappa shape index (κ3) is 6.85. The Morgan fingerprint density at radius 1 is 1.23 bits per heavy atom. The molecule has 2 rings (SSSR count). The predicted molar refractivity (Wildman–Crippen MR) is 110 cm³/mol. The second kappa shape index (κ2) is 10.2. The minimum Gasteiger partial charge on any atom is -0.326 e. The Labute approximate surface area is 179 Å². The number of carbonyl (C=O) groups is 1. The first-order chi connectivity index (χ1) is 14.4. The molecule has 1 amide bonds. The highest BCUT2D eigenvalue weighted by Gasteiger charge is 2.46. The molecule has 1 saturated heterocycles. The summed E-state index contributed by atoms with van der Waals surface area (Å²) in [6.07, 6.45) is -6.06. The van der Waals surface area contributed by atoms with Crippen molar-refractivity contribution < 1.29 is 26.7 Å². The first-order valence-electron chi connectivity index (χ1n) is 10.4. The summed E-state index contributed by atoms with van der Waals surface area (Å²) in [7, 11) is 0. The van der Waals surface area contributed by atoms with Crippen LogP contribution in [0.25, 0.3) is 0 Å². The van der Waals surface area contributed by atoms with Gasteiger partial charge in [0, 0.05) is 24.3 Å². The van der Waals surface area contributed by atoms with E-state index >= 15 is 0 Å². The Hall–Kier alpha value is -1.78. The number of benzene rings is 1. The van der Waals surface area contributed by atoms with E-state index in [-0.39, 0.29) is 30.7 Å². The van der Waals surface area contributed by atoms with Gasteiger partial charge in [0.1, 0.15) is 0 Å². The summed E-state index contributed by atoms with van der Waals surface area (Å²) in [5.74, 6) is -1.30. The highest BCUT2D eigenvalue weighted by Crippen LogP contribution is 2.30. The minimum atomic E-state index is -4.48. The molecule has 0 spiro atoms. The summed E-state index contributed by atoms with van der Waals surface area (Å²) in [5, 5.41) is 12.0. The van der Waals surface area contributed by atoms with Gasteiger partial charge in [-0.2, -0.15) is 13.2 Å². The molecule has 1 aromatic rings. The second-order valence-corrected chi connectivity index (χ2v) is 8.40. The predicted octanol–water partition coefficient (Wildman–Crippen LogP) is 3.97. The smallest absolute Gasteiger partial charge is 0.326 e. The van der Waals surface area contributed by atoms with Gasteiger partial charge in [-0.1, -0.05) is 6.92 Å². The van der Waals surface area contributed by atoms with Crippen LogP contribution in [0.2, 0.25) is 0 Å². The van der Waals surface area contributed by atoms with E-state index in [0.29, 0.717) is 0 Å². The molecule has 4 N–H and O–H groups in total. The van der Waals surface area contributed by atoms with Crippen LogP contribution in [0.15, 0.2) is 24.3 Å². The van der Waals surface area contributed by atoms with E-state index in [9.17, 15) is 26.7 Å². The second-order valence-electron chi connectivity index (χ2n) is 8.40.